The van der Waals surface area contributed by atoms with E-state index in [1.54, 1.807) is 0 Å². The van der Waals surface area contributed by atoms with E-state index in [0.29, 0.717) is 12.1 Å². The number of anilines is 1. The van der Waals surface area contributed by atoms with Gasteiger partial charge in [-0.2, -0.15) is 0 Å². The summed E-state index contributed by atoms with van der Waals surface area (Å²) in [7, 11) is 1.95. The summed E-state index contributed by atoms with van der Waals surface area (Å²) in [5.41, 5.74) is 2.41. The molecular weight excluding hydrogens is 226 g/mol. The van der Waals surface area contributed by atoms with Gasteiger partial charge in [0, 0.05) is 25.0 Å². The Balaban J connectivity index is 1.82. The predicted molar refractivity (Wildman–Crippen MR) is 71.7 cm³/mol. The first-order valence-electron chi connectivity index (χ1n) is 6.86. The highest BCUT2D eigenvalue weighted by atomic mass is 16.5. The van der Waals surface area contributed by atoms with Crippen LogP contribution in [0.4, 0.5) is 5.69 Å². The molecule has 0 amide bonds. The molecule has 2 unspecified atom stereocenters. The molecule has 1 saturated carbocycles. The number of morpholine rings is 1. The van der Waals surface area contributed by atoms with Gasteiger partial charge >= 0.3 is 0 Å². The standard InChI is InChI=1S/C14H21N3O/c1-15-10-11-9-12(5-6-16-11)17-7-8-18-14-4-2-3-13(14)17/h5-6,9,13-15H,2-4,7-8,10H2,1H3. The third-order valence-electron chi connectivity index (χ3n) is 3.97. The van der Waals surface area contributed by atoms with Crippen molar-refractivity contribution in [2.75, 3.05) is 25.1 Å². The lowest BCUT2D eigenvalue weighted by molar-refractivity contribution is 0.0256. The highest BCUT2D eigenvalue weighted by Gasteiger charge is 2.36. The number of fused-ring (bicyclic) bond motifs is 1. The van der Waals surface area contributed by atoms with E-state index < -0.39 is 0 Å². The molecule has 98 valence electrons. The average molecular weight is 247 g/mol. The van der Waals surface area contributed by atoms with Crippen molar-refractivity contribution < 1.29 is 4.74 Å². The maximum absolute atomic E-state index is 5.86. The van der Waals surface area contributed by atoms with Crippen molar-refractivity contribution in [2.24, 2.45) is 0 Å². The number of nitrogens with zero attached hydrogens (tertiary/aromatic N) is 2. The first kappa shape index (κ1) is 11.9. The minimum atomic E-state index is 0.444. The van der Waals surface area contributed by atoms with Gasteiger partial charge in [0.2, 0.25) is 0 Å². The normalized spacial score (nSPS) is 27.3. The van der Waals surface area contributed by atoms with Crippen molar-refractivity contribution in [1.82, 2.24) is 10.3 Å². The molecular formula is C14H21N3O. The number of hydrogen-bond acceptors (Lipinski definition) is 4. The third-order valence-corrected chi connectivity index (χ3v) is 3.97. The molecule has 4 heteroatoms. The minimum Gasteiger partial charge on any atom is -0.374 e. The summed E-state index contributed by atoms with van der Waals surface area (Å²) in [5.74, 6) is 0. The Morgan fingerprint density at radius 2 is 2.44 bits per heavy atom. The highest BCUT2D eigenvalue weighted by molar-refractivity contribution is 5.48. The molecule has 18 heavy (non-hydrogen) atoms. The second-order valence-electron chi connectivity index (χ2n) is 5.14. The Morgan fingerprint density at radius 1 is 1.50 bits per heavy atom. The van der Waals surface area contributed by atoms with Crippen molar-refractivity contribution in [3.8, 4) is 0 Å². The molecule has 4 nitrogen and oxygen atoms in total. The Morgan fingerprint density at radius 3 is 3.33 bits per heavy atom. The van der Waals surface area contributed by atoms with Gasteiger partial charge in [-0.05, 0) is 38.4 Å². The number of aromatic nitrogens is 1. The quantitative estimate of drug-likeness (QED) is 0.879. The molecule has 1 N–H and O–H groups in total. The van der Waals surface area contributed by atoms with Crippen molar-refractivity contribution >= 4 is 5.69 Å². The fraction of sp³-hybridized carbons (Fsp3) is 0.643. The third kappa shape index (κ3) is 2.22. The number of rotatable bonds is 3. The Bertz CT molecular complexity index is 410. The monoisotopic (exact) mass is 247 g/mol. The van der Waals surface area contributed by atoms with Crippen LogP contribution < -0.4 is 10.2 Å². The summed E-state index contributed by atoms with van der Waals surface area (Å²) < 4.78 is 5.86. The zero-order chi connectivity index (χ0) is 12.4. The van der Waals surface area contributed by atoms with E-state index in [9.17, 15) is 0 Å². The van der Waals surface area contributed by atoms with Crippen LogP contribution in [0.5, 0.6) is 0 Å². The van der Waals surface area contributed by atoms with Crippen LogP contribution in [0.3, 0.4) is 0 Å². The molecule has 1 aromatic heterocycles. The second kappa shape index (κ2) is 5.24. The lowest BCUT2D eigenvalue weighted by Crippen LogP contribution is -2.48. The first-order chi connectivity index (χ1) is 8.88. The van der Waals surface area contributed by atoms with Crippen LogP contribution in [0.1, 0.15) is 25.0 Å². The van der Waals surface area contributed by atoms with Crippen molar-refractivity contribution in [3.05, 3.63) is 24.0 Å². The SMILES string of the molecule is CNCc1cc(N2CCOC3CCCC32)ccn1. The summed E-state index contributed by atoms with van der Waals surface area (Å²) >= 11 is 0. The molecule has 3 rings (SSSR count). The van der Waals surface area contributed by atoms with Gasteiger partial charge in [0.05, 0.1) is 24.4 Å². The van der Waals surface area contributed by atoms with E-state index in [2.05, 4.69) is 27.3 Å². The van der Waals surface area contributed by atoms with Crippen molar-refractivity contribution in [3.63, 3.8) is 0 Å². The fourth-order valence-electron chi connectivity index (χ4n) is 3.17. The average Bonchev–Trinajstić information content (AvgIpc) is 2.87. The van der Waals surface area contributed by atoms with E-state index in [4.69, 9.17) is 4.74 Å². The summed E-state index contributed by atoms with van der Waals surface area (Å²) in [6, 6.07) is 4.90. The molecule has 0 aromatic carbocycles. The van der Waals surface area contributed by atoms with Crippen LogP contribution in [-0.4, -0.2) is 37.3 Å². The zero-order valence-electron chi connectivity index (χ0n) is 10.9. The van der Waals surface area contributed by atoms with E-state index in [0.717, 1.165) is 25.4 Å². The number of nitrogens with one attached hydrogen (secondary N) is 1. The Hall–Kier alpha value is -1.13. The summed E-state index contributed by atoms with van der Waals surface area (Å²) in [4.78, 5) is 6.90. The van der Waals surface area contributed by atoms with Crippen LogP contribution >= 0.6 is 0 Å². The maximum Gasteiger partial charge on any atom is 0.0779 e. The summed E-state index contributed by atoms with van der Waals surface area (Å²) in [6.07, 6.45) is 6.13. The van der Waals surface area contributed by atoms with Gasteiger partial charge in [0.15, 0.2) is 0 Å². The molecule has 0 spiro atoms. The Kier molecular flexibility index (Phi) is 3.48. The lowest BCUT2D eigenvalue weighted by Gasteiger charge is -2.39. The van der Waals surface area contributed by atoms with Gasteiger partial charge in [-0.1, -0.05) is 0 Å². The van der Waals surface area contributed by atoms with E-state index in [1.165, 1.54) is 24.9 Å². The molecule has 2 aliphatic rings. The molecule has 2 fully saturated rings. The highest BCUT2D eigenvalue weighted by Crippen LogP contribution is 2.33. The van der Waals surface area contributed by atoms with Crippen molar-refractivity contribution in [1.29, 1.82) is 0 Å². The van der Waals surface area contributed by atoms with Gasteiger partial charge in [0.1, 0.15) is 0 Å². The predicted octanol–water partition coefficient (Wildman–Crippen LogP) is 1.56. The fourth-order valence-corrected chi connectivity index (χ4v) is 3.17. The topological polar surface area (TPSA) is 37.4 Å². The molecule has 0 bridgehead atoms. The molecule has 1 saturated heterocycles. The first-order valence-corrected chi connectivity index (χ1v) is 6.86. The molecule has 1 aliphatic carbocycles. The molecule has 1 aliphatic heterocycles. The molecule has 2 heterocycles. The molecule has 0 radical (unpaired) electrons. The van der Waals surface area contributed by atoms with Gasteiger partial charge in [-0.15, -0.1) is 0 Å². The maximum atomic E-state index is 5.86. The second-order valence-corrected chi connectivity index (χ2v) is 5.14. The largest absolute Gasteiger partial charge is 0.374 e. The summed E-state index contributed by atoms with van der Waals surface area (Å²) in [6.45, 7) is 2.68. The zero-order valence-corrected chi connectivity index (χ0v) is 10.9. The number of pyridine rings is 1. The van der Waals surface area contributed by atoms with Gasteiger partial charge < -0.3 is 15.0 Å². The van der Waals surface area contributed by atoms with Gasteiger partial charge in [-0.3, -0.25) is 4.98 Å². The smallest absolute Gasteiger partial charge is 0.0779 e. The van der Waals surface area contributed by atoms with E-state index in [1.807, 2.05) is 13.2 Å². The lowest BCUT2D eigenvalue weighted by atomic mass is 10.1. The van der Waals surface area contributed by atoms with Crippen LogP contribution in [0, 0.1) is 0 Å². The van der Waals surface area contributed by atoms with Crippen LogP contribution in [0.2, 0.25) is 0 Å². The molecule has 2 atom stereocenters. The number of hydrogen-bond donors (Lipinski definition) is 1. The molecule has 1 aromatic rings. The van der Waals surface area contributed by atoms with Crippen LogP contribution in [-0.2, 0) is 11.3 Å². The summed E-state index contributed by atoms with van der Waals surface area (Å²) in [5, 5.41) is 3.15. The Labute approximate surface area is 108 Å². The van der Waals surface area contributed by atoms with Gasteiger partial charge in [0.25, 0.3) is 0 Å². The van der Waals surface area contributed by atoms with Crippen LogP contribution in [0.15, 0.2) is 18.3 Å². The van der Waals surface area contributed by atoms with E-state index >= 15 is 0 Å². The minimum absolute atomic E-state index is 0.444. The number of ether oxygens (including phenoxy) is 1. The van der Waals surface area contributed by atoms with Crippen molar-refractivity contribution in [2.45, 2.75) is 38.0 Å². The van der Waals surface area contributed by atoms with Crippen LogP contribution in [0.25, 0.3) is 0 Å². The van der Waals surface area contributed by atoms with Gasteiger partial charge in [-0.25, -0.2) is 0 Å². The van der Waals surface area contributed by atoms with E-state index in [-0.39, 0.29) is 0 Å².